The second-order valence-corrected chi connectivity index (χ2v) is 9.41. The smallest absolute Gasteiger partial charge is 0.255 e. The number of hydrogen-bond acceptors (Lipinski definition) is 9. The number of carbonyl (C=O) groups excluding carboxylic acids is 1. The van der Waals surface area contributed by atoms with Gasteiger partial charge in [0, 0.05) is 31.0 Å². The number of nitrogens with two attached hydrogens (primary N) is 1. The van der Waals surface area contributed by atoms with E-state index in [1.54, 1.807) is 25.3 Å². The molecule has 41 heavy (non-hydrogen) atoms. The SMILES string of the molecule is C[C@H](NC(=O)c1cc(C#N)cnc1NCc1ccc(-c2cnc(N)c(NCC(O)CO)c2)cc1)c1cccc(F)c1. The number of benzene rings is 2. The van der Waals surface area contributed by atoms with Gasteiger partial charge in [0.1, 0.15) is 23.5 Å². The number of aliphatic hydroxyl groups is 2. The Morgan fingerprint density at radius 1 is 1.07 bits per heavy atom. The third kappa shape index (κ3) is 7.54. The van der Waals surface area contributed by atoms with E-state index < -0.39 is 23.9 Å². The van der Waals surface area contributed by atoms with Crippen LogP contribution >= 0.6 is 0 Å². The van der Waals surface area contributed by atoms with Crippen molar-refractivity contribution in [3.05, 3.63) is 101 Å². The number of amides is 1. The third-order valence-electron chi connectivity index (χ3n) is 6.36. The quantitative estimate of drug-likeness (QED) is 0.162. The van der Waals surface area contributed by atoms with Gasteiger partial charge < -0.3 is 31.9 Å². The molecule has 1 amide bonds. The molecule has 2 aromatic carbocycles. The van der Waals surface area contributed by atoms with Crippen LogP contribution in [0.2, 0.25) is 0 Å². The number of aromatic nitrogens is 2. The van der Waals surface area contributed by atoms with Crippen LogP contribution in [-0.4, -0.2) is 45.3 Å². The number of nitrogen functional groups attached to an aromatic ring is 1. The molecule has 7 N–H and O–H groups in total. The van der Waals surface area contributed by atoms with Crippen LogP contribution in [0.15, 0.2) is 73.1 Å². The Balaban J connectivity index is 1.46. The highest BCUT2D eigenvalue weighted by Gasteiger charge is 2.17. The number of anilines is 3. The lowest BCUT2D eigenvalue weighted by Gasteiger charge is -2.17. The molecule has 0 aliphatic heterocycles. The molecule has 2 aromatic heterocycles. The molecule has 2 heterocycles. The van der Waals surface area contributed by atoms with Crippen molar-refractivity contribution in [2.45, 2.75) is 25.6 Å². The fourth-order valence-electron chi connectivity index (χ4n) is 4.04. The highest BCUT2D eigenvalue weighted by atomic mass is 19.1. The van der Waals surface area contributed by atoms with Crippen molar-refractivity contribution < 1.29 is 19.4 Å². The van der Waals surface area contributed by atoms with E-state index in [0.717, 1.165) is 16.7 Å². The van der Waals surface area contributed by atoms with E-state index >= 15 is 0 Å². The van der Waals surface area contributed by atoms with Gasteiger partial charge in [-0.2, -0.15) is 5.26 Å². The Morgan fingerprint density at radius 2 is 1.85 bits per heavy atom. The van der Waals surface area contributed by atoms with Gasteiger partial charge in [-0.05, 0) is 47.9 Å². The van der Waals surface area contributed by atoms with Crippen LogP contribution in [0.3, 0.4) is 0 Å². The molecule has 0 saturated carbocycles. The Labute approximate surface area is 236 Å². The predicted octanol–water partition coefficient (Wildman–Crippen LogP) is 3.60. The fraction of sp³-hybridized carbons (Fsp3) is 0.200. The molecule has 0 aliphatic rings. The molecule has 11 heteroatoms. The van der Waals surface area contributed by atoms with Crippen molar-refractivity contribution in [1.82, 2.24) is 15.3 Å². The van der Waals surface area contributed by atoms with Crippen molar-refractivity contribution >= 4 is 23.2 Å². The largest absolute Gasteiger partial charge is 0.394 e. The number of rotatable bonds is 11. The maximum absolute atomic E-state index is 13.6. The van der Waals surface area contributed by atoms with Crippen molar-refractivity contribution in [2.24, 2.45) is 0 Å². The van der Waals surface area contributed by atoms with Crippen LogP contribution in [-0.2, 0) is 6.54 Å². The van der Waals surface area contributed by atoms with Gasteiger partial charge in [-0.3, -0.25) is 4.79 Å². The summed E-state index contributed by atoms with van der Waals surface area (Å²) in [5.74, 6) is -0.260. The number of aliphatic hydroxyl groups excluding tert-OH is 2. The number of hydrogen-bond donors (Lipinski definition) is 6. The summed E-state index contributed by atoms with van der Waals surface area (Å²) in [5.41, 5.74) is 10.1. The molecule has 0 fully saturated rings. The van der Waals surface area contributed by atoms with E-state index in [9.17, 15) is 19.6 Å². The first-order chi connectivity index (χ1) is 19.8. The molecule has 10 nitrogen and oxygen atoms in total. The minimum atomic E-state index is -0.918. The summed E-state index contributed by atoms with van der Waals surface area (Å²) < 4.78 is 13.6. The lowest BCUT2D eigenvalue weighted by Crippen LogP contribution is -2.28. The number of halogens is 1. The topological polar surface area (TPSA) is 169 Å². The maximum atomic E-state index is 13.6. The van der Waals surface area contributed by atoms with E-state index in [1.165, 1.54) is 24.4 Å². The van der Waals surface area contributed by atoms with Crippen LogP contribution in [0.1, 0.15) is 40.0 Å². The summed E-state index contributed by atoms with van der Waals surface area (Å²) in [6.45, 7) is 1.86. The number of carbonyl (C=O) groups is 1. The molecule has 0 saturated heterocycles. The monoisotopic (exact) mass is 555 g/mol. The Morgan fingerprint density at radius 3 is 2.56 bits per heavy atom. The fourth-order valence-corrected chi connectivity index (χ4v) is 4.04. The second-order valence-electron chi connectivity index (χ2n) is 9.41. The predicted molar refractivity (Wildman–Crippen MR) is 154 cm³/mol. The molecular formula is C30H30FN7O3. The number of nitrogens with zero attached hydrogens (tertiary/aromatic N) is 3. The highest BCUT2D eigenvalue weighted by molar-refractivity contribution is 5.99. The van der Waals surface area contributed by atoms with Crippen molar-refractivity contribution in [3.8, 4) is 17.2 Å². The van der Waals surface area contributed by atoms with Crippen molar-refractivity contribution in [3.63, 3.8) is 0 Å². The summed E-state index contributed by atoms with van der Waals surface area (Å²) in [6.07, 6.45) is 2.11. The van der Waals surface area contributed by atoms with Gasteiger partial charge in [-0.1, -0.05) is 36.4 Å². The second kappa shape index (κ2) is 13.3. The summed E-state index contributed by atoms with van der Waals surface area (Å²) in [7, 11) is 0. The van der Waals surface area contributed by atoms with Gasteiger partial charge in [0.25, 0.3) is 5.91 Å². The van der Waals surface area contributed by atoms with Crippen LogP contribution < -0.4 is 21.7 Å². The van der Waals surface area contributed by atoms with E-state index in [4.69, 9.17) is 10.8 Å². The van der Waals surface area contributed by atoms with E-state index in [-0.39, 0.29) is 30.1 Å². The Kier molecular flexibility index (Phi) is 9.42. The van der Waals surface area contributed by atoms with E-state index in [1.807, 2.05) is 36.4 Å². The molecule has 0 aliphatic carbocycles. The van der Waals surface area contributed by atoms with Gasteiger partial charge in [-0.25, -0.2) is 14.4 Å². The average Bonchev–Trinajstić information content (AvgIpc) is 2.99. The molecular weight excluding hydrogens is 525 g/mol. The van der Waals surface area contributed by atoms with Gasteiger partial charge in [0.15, 0.2) is 0 Å². The molecule has 210 valence electrons. The highest BCUT2D eigenvalue weighted by Crippen LogP contribution is 2.26. The molecule has 1 unspecified atom stereocenters. The molecule has 2 atom stereocenters. The van der Waals surface area contributed by atoms with Gasteiger partial charge in [-0.15, -0.1) is 0 Å². The molecule has 4 rings (SSSR count). The van der Waals surface area contributed by atoms with E-state index in [0.29, 0.717) is 23.6 Å². The molecule has 4 aromatic rings. The summed E-state index contributed by atoms with van der Waals surface area (Å²) >= 11 is 0. The van der Waals surface area contributed by atoms with Crippen LogP contribution in [0.25, 0.3) is 11.1 Å². The summed E-state index contributed by atoms with van der Waals surface area (Å²) in [6, 6.07) is 18.5. The van der Waals surface area contributed by atoms with Gasteiger partial charge >= 0.3 is 0 Å². The zero-order chi connectivity index (χ0) is 29.4. The summed E-state index contributed by atoms with van der Waals surface area (Å²) in [5, 5.41) is 36.9. The zero-order valence-corrected chi connectivity index (χ0v) is 22.3. The molecule has 0 radical (unpaired) electrons. The normalized spacial score (nSPS) is 12.2. The van der Waals surface area contributed by atoms with Crippen molar-refractivity contribution in [1.29, 1.82) is 5.26 Å². The van der Waals surface area contributed by atoms with Crippen LogP contribution in [0.4, 0.5) is 21.7 Å². The van der Waals surface area contributed by atoms with Gasteiger partial charge in [0.2, 0.25) is 0 Å². The van der Waals surface area contributed by atoms with Gasteiger partial charge in [0.05, 0.1) is 35.6 Å². The lowest BCUT2D eigenvalue weighted by atomic mass is 10.0. The van der Waals surface area contributed by atoms with Crippen LogP contribution in [0.5, 0.6) is 0 Å². The first kappa shape index (κ1) is 28.9. The number of nitrogens with one attached hydrogen (secondary N) is 3. The average molecular weight is 556 g/mol. The summed E-state index contributed by atoms with van der Waals surface area (Å²) in [4.78, 5) is 21.6. The number of nitriles is 1. The molecule has 0 bridgehead atoms. The van der Waals surface area contributed by atoms with E-state index in [2.05, 4.69) is 25.9 Å². The number of pyridine rings is 2. The lowest BCUT2D eigenvalue weighted by molar-refractivity contribution is 0.0940. The van der Waals surface area contributed by atoms with Crippen molar-refractivity contribution in [2.75, 3.05) is 29.5 Å². The Hall–Kier alpha value is -5.05. The third-order valence-corrected chi connectivity index (χ3v) is 6.36. The standard InChI is InChI=1S/C30H30FN7O3/c1-18(22-3-2-4-24(31)10-22)38-30(41)26-9-20(12-32)14-37-29(26)36-13-19-5-7-21(8-6-19)23-11-27(28(33)35-15-23)34-16-25(40)17-39/h2-11,14-15,18,25,34,39-40H,13,16-17H2,1H3,(H2,33,35)(H,36,37)(H,38,41)/t18-,25?/m0/s1. The minimum absolute atomic E-state index is 0.129. The zero-order valence-electron chi connectivity index (χ0n) is 22.3. The first-order valence-electron chi connectivity index (χ1n) is 12.9. The first-order valence-corrected chi connectivity index (χ1v) is 12.9. The van der Waals surface area contributed by atoms with Crippen LogP contribution in [0, 0.1) is 17.1 Å². The minimum Gasteiger partial charge on any atom is -0.394 e. The maximum Gasteiger partial charge on any atom is 0.255 e. The Bertz CT molecular complexity index is 1560. The molecule has 0 spiro atoms.